The maximum absolute atomic E-state index is 5.77. The minimum atomic E-state index is 0.212. The number of pyridine rings is 1. The van der Waals surface area contributed by atoms with Crippen LogP contribution in [0.4, 0.5) is 17.2 Å². The zero-order chi connectivity index (χ0) is 11.7. The highest BCUT2D eigenvalue weighted by atomic mass is 16.5. The minimum Gasteiger partial charge on any atom is -0.397 e. The van der Waals surface area contributed by atoms with Crippen molar-refractivity contribution in [2.75, 3.05) is 29.5 Å². The summed E-state index contributed by atoms with van der Waals surface area (Å²) in [4.78, 5) is 6.47. The van der Waals surface area contributed by atoms with E-state index in [9.17, 15) is 0 Å². The molecule has 2 unspecified atom stereocenters. The van der Waals surface area contributed by atoms with E-state index < -0.39 is 0 Å². The van der Waals surface area contributed by atoms with Crippen LogP contribution in [0.5, 0.6) is 0 Å². The monoisotopic (exact) mass is 222 g/mol. The third-order valence-electron chi connectivity index (χ3n) is 2.70. The van der Waals surface area contributed by atoms with Crippen LogP contribution in [0.1, 0.15) is 13.8 Å². The highest BCUT2D eigenvalue weighted by Gasteiger charge is 2.23. The van der Waals surface area contributed by atoms with E-state index in [1.54, 1.807) is 6.20 Å². The molecule has 2 atom stereocenters. The Balaban J connectivity index is 2.19. The Kier molecular flexibility index (Phi) is 2.87. The smallest absolute Gasteiger partial charge is 0.130 e. The number of hydrogen-bond donors (Lipinski definition) is 2. The molecule has 0 amide bonds. The average Bonchev–Trinajstić information content (AvgIpc) is 2.20. The van der Waals surface area contributed by atoms with Crippen LogP contribution in [0.15, 0.2) is 12.3 Å². The van der Waals surface area contributed by atoms with Crippen molar-refractivity contribution >= 4 is 17.2 Å². The first-order valence-corrected chi connectivity index (χ1v) is 5.47. The number of nitrogens with two attached hydrogens (primary N) is 2. The predicted molar refractivity (Wildman–Crippen MR) is 65.3 cm³/mol. The number of nitrogen functional groups attached to an aromatic ring is 2. The second-order valence-electron chi connectivity index (χ2n) is 4.33. The molecule has 5 heteroatoms. The van der Waals surface area contributed by atoms with Gasteiger partial charge in [0.15, 0.2) is 0 Å². The van der Waals surface area contributed by atoms with Gasteiger partial charge in [-0.2, -0.15) is 0 Å². The van der Waals surface area contributed by atoms with Crippen molar-refractivity contribution in [1.82, 2.24) is 4.98 Å². The fraction of sp³-hybridized carbons (Fsp3) is 0.545. The molecule has 1 aliphatic heterocycles. The highest BCUT2D eigenvalue weighted by Crippen LogP contribution is 2.22. The van der Waals surface area contributed by atoms with Crippen LogP contribution < -0.4 is 16.4 Å². The largest absolute Gasteiger partial charge is 0.397 e. The van der Waals surface area contributed by atoms with Gasteiger partial charge in [0.1, 0.15) is 5.82 Å². The van der Waals surface area contributed by atoms with E-state index in [0.717, 1.165) is 18.9 Å². The molecule has 0 spiro atoms. The van der Waals surface area contributed by atoms with Gasteiger partial charge in [0.25, 0.3) is 0 Å². The van der Waals surface area contributed by atoms with Crippen molar-refractivity contribution in [3.8, 4) is 0 Å². The molecule has 4 N–H and O–H groups in total. The SMILES string of the molecule is CC1CN(c2cc(N)c(N)cn2)CC(C)O1. The first-order chi connectivity index (χ1) is 7.56. The Morgan fingerprint density at radius 3 is 2.44 bits per heavy atom. The summed E-state index contributed by atoms with van der Waals surface area (Å²) in [6.07, 6.45) is 2.03. The molecule has 0 radical (unpaired) electrons. The summed E-state index contributed by atoms with van der Waals surface area (Å²) in [5.74, 6) is 0.869. The molecule has 5 nitrogen and oxygen atoms in total. The first kappa shape index (κ1) is 11.0. The number of anilines is 3. The van der Waals surface area contributed by atoms with Gasteiger partial charge in [-0.3, -0.25) is 0 Å². The molecule has 88 valence electrons. The van der Waals surface area contributed by atoms with Gasteiger partial charge in [0, 0.05) is 19.2 Å². The van der Waals surface area contributed by atoms with Crippen LogP contribution in [-0.2, 0) is 4.74 Å². The second-order valence-corrected chi connectivity index (χ2v) is 4.33. The molecule has 1 aliphatic rings. The maximum atomic E-state index is 5.77. The van der Waals surface area contributed by atoms with E-state index in [4.69, 9.17) is 16.2 Å². The van der Waals surface area contributed by atoms with E-state index >= 15 is 0 Å². The van der Waals surface area contributed by atoms with Crippen molar-refractivity contribution in [2.24, 2.45) is 0 Å². The number of nitrogens with zero attached hydrogens (tertiary/aromatic N) is 2. The number of ether oxygens (including phenoxy) is 1. The van der Waals surface area contributed by atoms with E-state index in [0.29, 0.717) is 11.4 Å². The van der Waals surface area contributed by atoms with Gasteiger partial charge >= 0.3 is 0 Å². The predicted octanol–water partition coefficient (Wildman–Crippen LogP) is 0.860. The molecule has 16 heavy (non-hydrogen) atoms. The van der Waals surface area contributed by atoms with E-state index in [1.165, 1.54) is 0 Å². The minimum absolute atomic E-state index is 0.212. The van der Waals surface area contributed by atoms with Gasteiger partial charge in [-0.25, -0.2) is 4.98 Å². The number of hydrogen-bond acceptors (Lipinski definition) is 5. The zero-order valence-electron chi connectivity index (χ0n) is 9.68. The Morgan fingerprint density at radius 2 is 1.88 bits per heavy atom. The topological polar surface area (TPSA) is 77.4 Å². The van der Waals surface area contributed by atoms with E-state index in [1.807, 2.05) is 6.07 Å². The first-order valence-electron chi connectivity index (χ1n) is 5.47. The van der Waals surface area contributed by atoms with Crippen LogP contribution in [0.25, 0.3) is 0 Å². The summed E-state index contributed by atoms with van der Waals surface area (Å²) in [6, 6.07) is 1.82. The van der Waals surface area contributed by atoms with Crippen molar-refractivity contribution in [3.63, 3.8) is 0 Å². The molecule has 1 aromatic rings. The lowest BCUT2D eigenvalue weighted by molar-refractivity contribution is -0.00545. The fourth-order valence-corrected chi connectivity index (χ4v) is 2.01. The lowest BCUT2D eigenvalue weighted by atomic mass is 10.2. The summed E-state index contributed by atoms with van der Waals surface area (Å²) in [6.45, 7) is 5.79. The molecule has 0 saturated carbocycles. The standard InChI is InChI=1S/C11H18N4O/c1-7-5-15(6-8(2)16-7)11-3-9(12)10(13)4-14-11/h3-4,7-8H,5-6,13H2,1-2H3,(H2,12,14). The Morgan fingerprint density at radius 1 is 1.25 bits per heavy atom. The highest BCUT2D eigenvalue weighted by molar-refractivity contribution is 5.66. The zero-order valence-corrected chi connectivity index (χ0v) is 9.68. The fourth-order valence-electron chi connectivity index (χ4n) is 2.01. The second kappa shape index (κ2) is 4.17. The molecule has 1 saturated heterocycles. The van der Waals surface area contributed by atoms with Crippen LogP contribution in [0.3, 0.4) is 0 Å². The third kappa shape index (κ3) is 2.19. The molecule has 0 aliphatic carbocycles. The van der Waals surface area contributed by atoms with Crippen molar-refractivity contribution in [1.29, 1.82) is 0 Å². The van der Waals surface area contributed by atoms with Gasteiger partial charge in [-0.15, -0.1) is 0 Å². The quantitative estimate of drug-likeness (QED) is 0.737. The Bertz CT molecular complexity index is 372. The molecular weight excluding hydrogens is 204 g/mol. The van der Waals surface area contributed by atoms with Gasteiger partial charge < -0.3 is 21.1 Å². The Labute approximate surface area is 95.4 Å². The summed E-state index contributed by atoms with van der Waals surface area (Å²) < 4.78 is 5.67. The van der Waals surface area contributed by atoms with Crippen molar-refractivity contribution in [2.45, 2.75) is 26.1 Å². The number of rotatable bonds is 1. The summed E-state index contributed by atoms with van der Waals surface area (Å²) in [5.41, 5.74) is 12.5. The Hall–Kier alpha value is -1.49. The summed E-state index contributed by atoms with van der Waals surface area (Å²) in [7, 11) is 0. The molecule has 1 aromatic heterocycles. The number of aromatic nitrogens is 1. The third-order valence-corrected chi connectivity index (χ3v) is 2.70. The van der Waals surface area contributed by atoms with Gasteiger partial charge in [-0.05, 0) is 13.8 Å². The number of morpholine rings is 1. The molecule has 1 fully saturated rings. The van der Waals surface area contributed by atoms with Crippen LogP contribution in [0, 0.1) is 0 Å². The van der Waals surface area contributed by atoms with Crippen LogP contribution in [0.2, 0.25) is 0 Å². The summed E-state index contributed by atoms with van der Waals surface area (Å²) >= 11 is 0. The average molecular weight is 222 g/mol. The van der Waals surface area contributed by atoms with Gasteiger partial charge in [-0.1, -0.05) is 0 Å². The lowest BCUT2D eigenvalue weighted by Gasteiger charge is -2.36. The maximum Gasteiger partial charge on any atom is 0.130 e. The van der Waals surface area contributed by atoms with E-state index in [-0.39, 0.29) is 12.2 Å². The van der Waals surface area contributed by atoms with E-state index in [2.05, 4.69) is 23.7 Å². The van der Waals surface area contributed by atoms with Crippen molar-refractivity contribution < 1.29 is 4.74 Å². The molecule has 2 rings (SSSR count). The lowest BCUT2D eigenvalue weighted by Crippen LogP contribution is -2.45. The van der Waals surface area contributed by atoms with Crippen LogP contribution in [-0.4, -0.2) is 30.3 Å². The van der Waals surface area contributed by atoms with Gasteiger partial charge in [0.05, 0.1) is 29.8 Å². The molecular formula is C11H18N4O. The molecule has 0 aromatic carbocycles. The van der Waals surface area contributed by atoms with Crippen LogP contribution >= 0.6 is 0 Å². The summed E-state index contributed by atoms with van der Waals surface area (Å²) in [5, 5.41) is 0. The molecule has 2 heterocycles. The van der Waals surface area contributed by atoms with Gasteiger partial charge in [0.2, 0.25) is 0 Å². The molecule has 0 bridgehead atoms. The van der Waals surface area contributed by atoms with Crippen molar-refractivity contribution in [3.05, 3.63) is 12.3 Å². The normalized spacial score (nSPS) is 25.8.